The monoisotopic (exact) mass is 378 g/mol. The average molecular weight is 378 g/mol. The summed E-state index contributed by atoms with van der Waals surface area (Å²) in [4.78, 5) is 13.0. The second-order valence-electron chi connectivity index (χ2n) is 6.87. The van der Waals surface area contributed by atoms with Crippen LogP contribution in [0.1, 0.15) is 35.8 Å². The number of ketones is 1. The number of Topliss-reactive ketones (excluding diaryl/α,β-unsaturated/α-hetero) is 1. The fourth-order valence-corrected chi connectivity index (χ4v) is 3.92. The van der Waals surface area contributed by atoms with E-state index in [1.54, 1.807) is 0 Å². The first-order valence-corrected chi connectivity index (χ1v) is 8.83. The molecule has 2 aromatic carbocycles. The number of ether oxygens (including phenoxy) is 1. The summed E-state index contributed by atoms with van der Waals surface area (Å²) in [6.07, 6.45) is 0.619. The first-order chi connectivity index (χ1) is 13.5. The van der Waals surface area contributed by atoms with Crippen molar-refractivity contribution in [1.29, 1.82) is 5.26 Å². The van der Waals surface area contributed by atoms with E-state index in [4.69, 9.17) is 10.5 Å². The van der Waals surface area contributed by atoms with Gasteiger partial charge in [0.15, 0.2) is 5.78 Å². The predicted octanol–water partition coefficient (Wildman–Crippen LogP) is 4.17. The summed E-state index contributed by atoms with van der Waals surface area (Å²) in [5.74, 6) is -2.72. The highest BCUT2D eigenvalue weighted by atomic mass is 19.1. The van der Waals surface area contributed by atoms with Gasteiger partial charge < -0.3 is 10.5 Å². The number of allylic oxidation sites excluding steroid dienone is 3. The third-order valence-corrected chi connectivity index (χ3v) is 5.21. The van der Waals surface area contributed by atoms with Crippen LogP contribution in [0.15, 0.2) is 71.3 Å². The molecule has 2 aromatic rings. The summed E-state index contributed by atoms with van der Waals surface area (Å²) in [6, 6.07) is 14.5. The van der Waals surface area contributed by atoms with E-state index in [0.717, 1.165) is 17.7 Å². The van der Waals surface area contributed by atoms with E-state index in [1.165, 1.54) is 6.07 Å². The molecule has 2 N–H and O–H groups in total. The first kappa shape index (κ1) is 17.9. The lowest BCUT2D eigenvalue weighted by molar-refractivity contribution is -0.117. The zero-order valence-electron chi connectivity index (χ0n) is 14.8. The number of rotatable bonds is 2. The zero-order chi connectivity index (χ0) is 19.8. The molecule has 1 aliphatic heterocycles. The summed E-state index contributed by atoms with van der Waals surface area (Å²) in [6.45, 7) is 0. The van der Waals surface area contributed by atoms with E-state index in [-0.39, 0.29) is 40.7 Å². The zero-order valence-corrected chi connectivity index (χ0v) is 14.8. The van der Waals surface area contributed by atoms with E-state index >= 15 is 0 Å². The minimum atomic E-state index is -1.00. The number of carbonyl (C=O) groups excluding carboxylic acids is 1. The molecule has 4 rings (SSSR count). The Labute approximate surface area is 160 Å². The average Bonchev–Trinajstić information content (AvgIpc) is 2.67. The van der Waals surface area contributed by atoms with Crippen molar-refractivity contribution in [1.82, 2.24) is 0 Å². The third kappa shape index (κ3) is 2.95. The molecule has 1 heterocycles. The summed E-state index contributed by atoms with van der Waals surface area (Å²) in [7, 11) is 0. The molecule has 0 amide bonds. The van der Waals surface area contributed by atoms with E-state index in [1.807, 2.05) is 36.4 Å². The highest BCUT2D eigenvalue weighted by Gasteiger charge is 2.41. The standard InChI is InChI=1S/C22H16F2N2O2/c23-14-6-7-15(17(24)10-14)20-16(11-25)22(26)28-19-9-13(8-18(27)21(19)20)12-4-2-1-3-5-12/h1-7,10,13,20H,8-9,26H2/t13-,20+/m1/s1. The number of hydrogen-bond acceptors (Lipinski definition) is 4. The maximum atomic E-state index is 14.5. The predicted molar refractivity (Wildman–Crippen MR) is 97.5 cm³/mol. The van der Waals surface area contributed by atoms with Crippen LogP contribution in [0.4, 0.5) is 8.78 Å². The van der Waals surface area contributed by atoms with Crippen molar-refractivity contribution in [2.75, 3.05) is 0 Å². The van der Waals surface area contributed by atoms with Gasteiger partial charge in [-0.2, -0.15) is 5.26 Å². The number of nitriles is 1. The van der Waals surface area contributed by atoms with Gasteiger partial charge in [0.05, 0.1) is 5.92 Å². The second-order valence-corrected chi connectivity index (χ2v) is 6.87. The van der Waals surface area contributed by atoms with E-state index in [2.05, 4.69) is 0 Å². The van der Waals surface area contributed by atoms with Crippen molar-refractivity contribution in [2.24, 2.45) is 5.73 Å². The normalized spacial score (nSPS) is 21.8. The Morgan fingerprint density at radius 3 is 2.54 bits per heavy atom. The van der Waals surface area contributed by atoms with Crippen molar-refractivity contribution in [3.05, 3.63) is 94.1 Å². The molecule has 2 aliphatic rings. The highest BCUT2D eigenvalue weighted by Crippen LogP contribution is 2.47. The molecule has 0 radical (unpaired) electrons. The molecular formula is C22H16F2N2O2. The molecule has 1 aliphatic carbocycles. The summed E-state index contributed by atoms with van der Waals surface area (Å²) in [5, 5.41) is 9.55. The van der Waals surface area contributed by atoms with Gasteiger partial charge in [0, 0.05) is 30.0 Å². The molecule has 6 heteroatoms. The Kier molecular flexibility index (Phi) is 4.44. The molecular weight excluding hydrogens is 362 g/mol. The molecule has 0 spiro atoms. The van der Waals surface area contributed by atoms with Gasteiger partial charge in [-0.1, -0.05) is 36.4 Å². The van der Waals surface area contributed by atoms with Gasteiger partial charge >= 0.3 is 0 Å². The number of carbonyl (C=O) groups is 1. The summed E-state index contributed by atoms with van der Waals surface area (Å²) >= 11 is 0. The topological polar surface area (TPSA) is 76.1 Å². The molecule has 0 bridgehead atoms. The van der Waals surface area contributed by atoms with Crippen molar-refractivity contribution >= 4 is 5.78 Å². The molecule has 140 valence electrons. The second kappa shape index (κ2) is 6.93. The lowest BCUT2D eigenvalue weighted by Gasteiger charge is -2.34. The Balaban J connectivity index is 1.82. The third-order valence-electron chi connectivity index (χ3n) is 5.21. The fraction of sp³-hybridized carbons (Fsp3) is 0.182. The number of nitrogens with zero attached hydrogens (tertiary/aromatic N) is 1. The van der Waals surface area contributed by atoms with Gasteiger partial charge in [-0.25, -0.2) is 8.78 Å². The van der Waals surface area contributed by atoms with Gasteiger partial charge in [0.2, 0.25) is 5.88 Å². The maximum Gasteiger partial charge on any atom is 0.205 e. The first-order valence-electron chi connectivity index (χ1n) is 8.83. The number of hydrogen-bond donors (Lipinski definition) is 1. The molecule has 0 unspecified atom stereocenters. The van der Waals surface area contributed by atoms with Crippen LogP contribution in [0.5, 0.6) is 0 Å². The lowest BCUT2D eigenvalue weighted by atomic mass is 9.73. The van der Waals surface area contributed by atoms with Gasteiger partial charge in [0.1, 0.15) is 29.0 Å². The Morgan fingerprint density at radius 2 is 1.86 bits per heavy atom. The van der Waals surface area contributed by atoms with Crippen LogP contribution in [0.25, 0.3) is 0 Å². The van der Waals surface area contributed by atoms with E-state index in [9.17, 15) is 18.8 Å². The highest BCUT2D eigenvalue weighted by molar-refractivity contribution is 6.00. The molecule has 0 saturated carbocycles. The van der Waals surface area contributed by atoms with Gasteiger partial charge in [-0.05, 0) is 17.5 Å². The van der Waals surface area contributed by atoms with Crippen LogP contribution in [0.3, 0.4) is 0 Å². The SMILES string of the molecule is N#CC1=C(N)OC2=C(C(=O)C[C@@H](c3ccccc3)C2)[C@H]1c1ccc(F)cc1F. The minimum absolute atomic E-state index is 0.0308. The van der Waals surface area contributed by atoms with E-state index in [0.29, 0.717) is 12.2 Å². The quantitative estimate of drug-likeness (QED) is 0.851. The number of nitrogens with two attached hydrogens (primary N) is 1. The van der Waals surface area contributed by atoms with Gasteiger partial charge in [-0.15, -0.1) is 0 Å². The smallest absolute Gasteiger partial charge is 0.205 e. The van der Waals surface area contributed by atoms with Crippen LogP contribution in [0, 0.1) is 23.0 Å². The van der Waals surface area contributed by atoms with Crippen LogP contribution in [0.2, 0.25) is 0 Å². The van der Waals surface area contributed by atoms with Crippen LogP contribution in [-0.2, 0) is 9.53 Å². The Morgan fingerprint density at radius 1 is 1.11 bits per heavy atom. The number of benzene rings is 2. The molecule has 0 fully saturated rings. The minimum Gasteiger partial charge on any atom is -0.444 e. The van der Waals surface area contributed by atoms with Crippen molar-refractivity contribution < 1.29 is 18.3 Å². The molecule has 28 heavy (non-hydrogen) atoms. The molecule has 0 aromatic heterocycles. The molecule has 2 atom stereocenters. The van der Waals surface area contributed by atoms with Crippen LogP contribution >= 0.6 is 0 Å². The Hall–Kier alpha value is -3.46. The van der Waals surface area contributed by atoms with Crippen molar-refractivity contribution in [3.8, 4) is 6.07 Å². The lowest BCUT2D eigenvalue weighted by Crippen LogP contribution is -2.30. The Bertz CT molecular complexity index is 1070. The van der Waals surface area contributed by atoms with Crippen molar-refractivity contribution in [2.45, 2.75) is 24.7 Å². The fourth-order valence-electron chi connectivity index (χ4n) is 3.92. The van der Waals surface area contributed by atoms with Gasteiger partial charge in [-0.3, -0.25) is 4.79 Å². The largest absolute Gasteiger partial charge is 0.444 e. The van der Waals surface area contributed by atoms with E-state index < -0.39 is 17.6 Å². The summed E-state index contributed by atoms with van der Waals surface area (Å²) in [5.41, 5.74) is 7.13. The maximum absolute atomic E-state index is 14.5. The van der Waals surface area contributed by atoms with Gasteiger partial charge in [0.25, 0.3) is 0 Å². The molecule has 4 nitrogen and oxygen atoms in total. The van der Waals surface area contributed by atoms with Crippen LogP contribution in [-0.4, -0.2) is 5.78 Å². The summed E-state index contributed by atoms with van der Waals surface area (Å²) < 4.78 is 33.5. The van der Waals surface area contributed by atoms with Crippen LogP contribution < -0.4 is 5.73 Å². The van der Waals surface area contributed by atoms with Crippen molar-refractivity contribution in [3.63, 3.8) is 0 Å². The number of halogens is 2. The molecule has 0 saturated heterocycles.